The zero-order valence-electron chi connectivity index (χ0n) is 17.3. The lowest BCUT2D eigenvalue weighted by molar-refractivity contribution is 0.598. The molecular weight excluding hydrogens is 424 g/mol. The summed E-state index contributed by atoms with van der Waals surface area (Å²) in [7, 11) is -3.73. The number of hydrogen-bond donors (Lipinski definition) is 2. The molecule has 0 bridgehead atoms. The second-order valence-electron chi connectivity index (χ2n) is 7.76. The molecule has 2 aromatic carbocycles. The predicted octanol–water partition coefficient (Wildman–Crippen LogP) is 3.68. The van der Waals surface area contributed by atoms with Crippen molar-refractivity contribution in [3.63, 3.8) is 0 Å². The lowest BCUT2D eigenvalue weighted by Gasteiger charge is -2.16. The second-order valence-corrected chi connectivity index (χ2v) is 9.32. The summed E-state index contributed by atoms with van der Waals surface area (Å²) in [5.74, 6) is 1.44. The third-order valence-corrected chi connectivity index (χ3v) is 6.46. The fraction of sp³-hybridized carbons (Fsp3) is 0.174. The van der Waals surface area contributed by atoms with Gasteiger partial charge in [-0.05, 0) is 60.9 Å². The monoisotopic (exact) mass is 446 g/mol. The molecule has 1 aliphatic rings. The van der Waals surface area contributed by atoms with Crippen LogP contribution in [0.1, 0.15) is 12.8 Å². The van der Waals surface area contributed by atoms with Crippen LogP contribution in [0.15, 0.2) is 71.9 Å². The van der Waals surface area contributed by atoms with Gasteiger partial charge in [0.1, 0.15) is 5.82 Å². The molecule has 0 aliphatic carbocycles. The first-order chi connectivity index (χ1) is 15.5. The fourth-order valence-electron chi connectivity index (χ4n) is 3.81. The number of nitrogens with two attached hydrogens (primary N) is 1. The van der Waals surface area contributed by atoms with Crippen LogP contribution in [0.25, 0.3) is 22.0 Å². The van der Waals surface area contributed by atoms with E-state index in [0.29, 0.717) is 11.6 Å². The van der Waals surface area contributed by atoms with E-state index in [1.807, 2.05) is 24.4 Å². The van der Waals surface area contributed by atoms with Crippen LogP contribution >= 0.6 is 0 Å². The maximum atomic E-state index is 11.4. The molecule has 0 unspecified atom stereocenters. The Morgan fingerprint density at radius 1 is 0.875 bits per heavy atom. The highest BCUT2D eigenvalue weighted by atomic mass is 32.2. The summed E-state index contributed by atoms with van der Waals surface area (Å²) in [5, 5.41) is 9.16. The molecule has 2 aromatic heterocycles. The minimum absolute atomic E-state index is 0.0523. The molecule has 162 valence electrons. The van der Waals surface area contributed by atoms with Gasteiger partial charge in [-0.15, -0.1) is 0 Å². The van der Waals surface area contributed by atoms with Gasteiger partial charge in [-0.2, -0.15) is 0 Å². The van der Waals surface area contributed by atoms with E-state index in [-0.39, 0.29) is 4.90 Å². The van der Waals surface area contributed by atoms with Gasteiger partial charge >= 0.3 is 0 Å². The molecule has 32 heavy (non-hydrogen) atoms. The number of rotatable bonds is 5. The number of anilines is 3. The van der Waals surface area contributed by atoms with Crippen LogP contribution in [0.5, 0.6) is 0 Å². The van der Waals surface area contributed by atoms with Crippen LogP contribution < -0.4 is 15.4 Å². The zero-order valence-corrected chi connectivity index (χ0v) is 18.1. The number of nitrogens with one attached hydrogen (secondary N) is 1. The van der Waals surface area contributed by atoms with Gasteiger partial charge in [-0.3, -0.25) is 0 Å². The third kappa shape index (κ3) is 4.25. The van der Waals surface area contributed by atoms with E-state index in [1.165, 1.54) is 25.0 Å². The molecule has 8 nitrogen and oxygen atoms in total. The molecule has 1 fully saturated rings. The van der Waals surface area contributed by atoms with Crippen molar-refractivity contribution in [1.29, 1.82) is 0 Å². The van der Waals surface area contributed by atoms with E-state index in [1.54, 1.807) is 18.3 Å². The number of fused-ring (bicyclic) bond motifs is 1. The molecule has 1 aliphatic heterocycles. The first-order valence-corrected chi connectivity index (χ1v) is 11.9. The summed E-state index contributed by atoms with van der Waals surface area (Å²) in [6, 6.07) is 16.3. The molecular formula is C23H22N6O2S. The predicted molar refractivity (Wildman–Crippen MR) is 125 cm³/mol. The number of aromatic nitrogens is 3. The van der Waals surface area contributed by atoms with Crippen LogP contribution in [0.3, 0.4) is 0 Å². The second kappa shape index (κ2) is 8.18. The molecule has 9 heteroatoms. The first-order valence-electron chi connectivity index (χ1n) is 10.3. The summed E-state index contributed by atoms with van der Waals surface area (Å²) in [6.45, 7) is 2.14. The first kappa shape index (κ1) is 20.3. The van der Waals surface area contributed by atoms with Gasteiger partial charge in [0.15, 0.2) is 0 Å². The van der Waals surface area contributed by atoms with E-state index >= 15 is 0 Å². The number of nitrogens with zero attached hydrogens (tertiary/aromatic N) is 4. The lowest BCUT2D eigenvalue weighted by atomic mass is 10.1. The molecule has 1 saturated heterocycles. The highest BCUT2D eigenvalue weighted by Gasteiger charge is 2.13. The molecule has 4 aromatic rings. The van der Waals surface area contributed by atoms with Crippen molar-refractivity contribution in [2.24, 2.45) is 5.14 Å². The van der Waals surface area contributed by atoms with Gasteiger partial charge < -0.3 is 10.2 Å². The summed E-state index contributed by atoms with van der Waals surface area (Å²) >= 11 is 0. The van der Waals surface area contributed by atoms with Crippen LogP contribution in [0.4, 0.5) is 17.5 Å². The minimum atomic E-state index is -3.73. The fourth-order valence-corrected chi connectivity index (χ4v) is 4.33. The minimum Gasteiger partial charge on any atom is -0.357 e. The van der Waals surface area contributed by atoms with Crippen LogP contribution in [-0.2, 0) is 10.0 Å². The summed E-state index contributed by atoms with van der Waals surface area (Å²) in [4.78, 5) is 16.0. The van der Waals surface area contributed by atoms with E-state index in [9.17, 15) is 8.42 Å². The van der Waals surface area contributed by atoms with E-state index in [2.05, 4.69) is 37.3 Å². The van der Waals surface area contributed by atoms with Gasteiger partial charge in [0, 0.05) is 42.1 Å². The normalized spacial score (nSPS) is 14.1. The van der Waals surface area contributed by atoms with Crippen molar-refractivity contribution in [3.05, 3.63) is 67.0 Å². The Labute approximate surface area is 186 Å². The quantitative estimate of drug-likeness (QED) is 0.481. The average Bonchev–Trinajstić information content (AvgIpc) is 3.34. The molecule has 0 radical (unpaired) electrons. The standard InChI is InChI=1S/C23H22N6O2S/c24-32(30,31)20-8-6-19(7-9-20)27-23-26-15-18-4-3-16(13-21(18)28-23)17-5-10-22(25-14-17)29-11-1-2-12-29/h3-10,13-15H,1-2,11-12H2,(H2,24,30,31)(H,26,27,28). The summed E-state index contributed by atoms with van der Waals surface area (Å²) in [6.07, 6.45) is 6.10. The maximum absolute atomic E-state index is 11.4. The molecule has 3 N–H and O–H groups in total. The SMILES string of the molecule is NS(=O)(=O)c1ccc(Nc2ncc3ccc(-c4ccc(N5CCCC5)nc4)cc3n2)cc1. The highest BCUT2D eigenvalue weighted by Crippen LogP contribution is 2.26. The summed E-state index contributed by atoms with van der Waals surface area (Å²) < 4.78 is 22.8. The molecule has 5 rings (SSSR count). The zero-order chi connectivity index (χ0) is 22.1. The smallest absolute Gasteiger partial charge is 0.238 e. The van der Waals surface area contributed by atoms with Crippen molar-refractivity contribution in [2.75, 3.05) is 23.3 Å². The van der Waals surface area contributed by atoms with Crippen molar-refractivity contribution >= 4 is 38.4 Å². The highest BCUT2D eigenvalue weighted by molar-refractivity contribution is 7.89. The topological polar surface area (TPSA) is 114 Å². The Kier molecular flexibility index (Phi) is 5.20. The number of benzene rings is 2. The molecule has 0 saturated carbocycles. The Hall–Kier alpha value is -3.56. The lowest BCUT2D eigenvalue weighted by Crippen LogP contribution is -2.18. The Morgan fingerprint density at radius 3 is 2.31 bits per heavy atom. The Bertz CT molecular complexity index is 1370. The van der Waals surface area contributed by atoms with Crippen molar-refractivity contribution in [3.8, 4) is 11.1 Å². The third-order valence-electron chi connectivity index (χ3n) is 5.53. The Morgan fingerprint density at radius 2 is 1.62 bits per heavy atom. The molecule has 0 amide bonds. The van der Waals surface area contributed by atoms with Crippen LogP contribution in [-0.4, -0.2) is 36.5 Å². The Balaban J connectivity index is 1.39. The van der Waals surface area contributed by atoms with Crippen molar-refractivity contribution in [2.45, 2.75) is 17.7 Å². The van der Waals surface area contributed by atoms with Gasteiger partial charge in [0.25, 0.3) is 0 Å². The average molecular weight is 447 g/mol. The largest absolute Gasteiger partial charge is 0.357 e. The van der Waals surface area contributed by atoms with Gasteiger partial charge in [0.2, 0.25) is 16.0 Å². The number of primary sulfonamides is 1. The number of pyridine rings is 1. The van der Waals surface area contributed by atoms with E-state index in [4.69, 9.17) is 5.14 Å². The summed E-state index contributed by atoms with van der Waals surface area (Å²) in [5.41, 5.74) is 3.51. The van der Waals surface area contributed by atoms with Crippen molar-refractivity contribution in [1.82, 2.24) is 15.0 Å². The molecule has 0 atom stereocenters. The van der Waals surface area contributed by atoms with Crippen LogP contribution in [0, 0.1) is 0 Å². The van der Waals surface area contributed by atoms with Gasteiger partial charge in [-0.1, -0.05) is 12.1 Å². The number of sulfonamides is 1. The van der Waals surface area contributed by atoms with Crippen LogP contribution in [0.2, 0.25) is 0 Å². The number of hydrogen-bond acceptors (Lipinski definition) is 7. The van der Waals surface area contributed by atoms with Crippen molar-refractivity contribution < 1.29 is 8.42 Å². The van der Waals surface area contributed by atoms with E-state index < -0.39 is 10.0 Å². The molecule has 0 spiro atoms. The molecule has 3 heterocycles. The van der Waals surface area contributed by atoms with Gasteiger partial charge in [0.05, 0.1) is 10.4 Å². The van der Waals surface area contributed by atoms with Gasteiger partial charge in [-0.25, -0.2) is 28.5 Å². The maximum Gasteiger partial charge on any atom is 0.238 e. The van der Waals surface area contributed by atoms with E-state index in [0.717, 1.165) is 40.9 Å².